The molecule has 4 saturated carbocycles. The standard InChI is InChI=1S/C28H41NO2/c1-27-13-11-22(30)17-20(27)7-10-23-24(27)12-14-28(2)25(23)16-19(26(28)31)15-18-5-8-21(9-6-18)29(3)4/h5-6,8-9,15,20,22-26,30-31H,7,10-14,16-17H2,1-4H3/b19-15+/t20-,22+,23+,24-,25-,26-,27-,28-/m0/s1. The number of fused-ring (bicyclic) bond motifs is 5. The Balaban J connectivity index is 1.40. The average molecular weight is 424 g/mol. The summed E-state index contributed by atoms with van der Waals surface area (Å²) in [7, 11) is 4.14. The van der Waals surface area contributed by atoms with Gasteiger partial charge in [-0.3, -0.25) is 0 Å². The quantitative estimate of drug-likeness (QED) is 0.659. The highest BCUT2D eigenvalue weighted by molar-refractivity contribution is 5.59. The van der Waals surface area contributed by atoms with Crippen LogP contribution < -0.4 is 4.90 Å². The number of aliphatic hydroxyl groups is 2. The van der Waals surface area contributed by atoms with Crippen molar-refractivity contribution >= 4 is 11.8 Å². The molecule has 3 heteroatoms. The van der Waals surface area contributed by atoms with Gasteiger partial charge in [0.05, 0.1) is 12.2 Å². The van der Waals surface area contributed by atoms with Gasteiger partial charge in [0.1, 0.15) is 0 Å². The van der Waals surface area contributed by atoms with Crippen molar-refractivity contribution in [3.63, 3.8) is 0 Å². The molecule has 31 heavy (non-hydrogen) atoms. The molecule has 0 aliphatic heterocycles. The number of hydrogen-bond acceptors (Lipinski definition) is 3. The van der Waals surface area contributed by atoms with Crippen molar-refractivity contribution in [2.75, 3.05) is 19.0 Å². The molecule has 0 amide bonds. The van der Waals surface area contributed by atoms with Crippen molar-refractivity contribution in [2.24, 2.45) is 34.5 Å². The molecule has 0 radical (unpaired) electrons. The van der Waals surface area contributed by atoms with E-state index in [4.69, 9.17) is 0 Å². The summed E-state index contributed by atoms with van der Waals surface area (Å²) in [6, 6.07) is 8.69. The molecule has 0 aromatic heterocycles. The van der Waals surface area contributed by atoms with Gasteiger partial charge in [-0.2, -0.15) is 0 Å². The molecule has 0 saturated heterocycles. The topological polar surface area (TPSA) is 43.7 Å². The molecule has 1 aromatic rings. The minimum absolute atomic E-state index is 0.0218. The number of benzene rings is 1. The van der Waals surface area contributed by atoms with Crippen molar-refractivity contribution in [3.8, 4) is 0 Å². The molecule has 2 N–H and O–H groups in total. The number of nitrogens with zero attached hydrogens (tertiary/aromatic N) is 1. The fraction of sp³-hybridized carbons (Fsp3) is 0.714. The van der Waals surface area contributed by atoms with Gasteiger partial charge in [0, 0.05) is 25.2 Å². The van der Waals surface area contributed by atoms with Crippen LogP contribution in [-0.4, -0.2) is 36.5 Å². The first-order valence-electron chi connectivity index (χ1n) is 12.6. The lowest BCUT2D eigenvalue weighted by Crippen LogP contribution is -2.54. The molecule has 0 spiro atoms. The highest BCUT2D eigenvalue weighted by Crippen LogP contribution is 2.67. The molecular formula is C28H41NO2. The Morgan fingerprint density at radius 3 is 2.32 bits per heavy atom. The second kappa shape index (κ2) is 7.63. The van der Waals surface area contributed by atoms with E-state index in [1.54, 1.807) is 0 Å². The Morgan fingerprint density at radius 1 is 0.903 bits per heavy atom. The predicted molar refractivity (Wildman–Crippen MR) is 128 cm³/mol. The average Bonchev–Trinajstić information content (AvgIpc) is 2.99. The van der Waals surface area contributed by atoms with Gasteiger partial charge < -0.3 is 15.1 Å². The summed E-state index contributed by atoms with van der Waals surface area (Å²) in [6.07, 6.45) is 11.1. The van der Waals surface area contributed by atoms with Crippen molar-refractivity contribution in [1.82, 2.24) is 0 Å². The van der Waals surface area contributed by atoms with Gasteiger partial charge in [-0.1, -0.05) is 32.1 Å². The largest absolute Gasteiger partial charge is 0.393 e. The van der Waals surface area contributed by atoms with Crippen LogP contribution in [0.1, 0.15) is 70.8 Å². The van der Waals surface area contributed by atoms with Gasteiger partial charge in [0.2, 0.25) is 0 Å². The van der Waals surface area contributed by atoms with E-state index in [1.165, 1.54) is 42.5 Å². The molecule has 4 aliphatic rings. The third-order valence-corrected chi connectivity index (χ3v) is 10.3. The summed E-state index contributed by atoms with van der Waals surface area (Å²) < 4.78 is 0. The minimum Gasteiger partial charge on any atom is -0.393 e. The summed E-state index contributed by atoms with van der Waals surface area (Å²) in [4.78, 5) is 2.12. The molecule has 0 bridgehead atoms. The maximum absolute atomic E-state index is 11.5. The summed E-state index contributed by atoms with van der Waals surface area (Å²) in [6.45, 7) is 4.91. The van der Waals surface area contributed by atoms with Gasteiger partial charge in [-0.25, -0.2) is 0 Å². The van der Waals surface area contributed by atoms with Gasteiger partial charge in [-0.05, 0) is 104 Å². The van der Waals surface area contributed by atoms with E-state index in [0.29, 0.717) is 17.3 Å². The Morgan fingerprint density at radius 2 is 1.61 bits per heavy atom. The first-order valence-corrected chi connectivity index (χ1v) is 12.6. The number of anilines is 1. The van der Waals surface area contributed by atoms with Crippen LogP contribution in [0.4, 0.5) is 5.69 Å². The monoisotopic (exact) mass is 423 g/mol. The zero-order chi connectivity index (χ0) is 22.0. The van der Waals surface area contributed by atoms with Crippen molar-refractivity contribution < 1.29 is 10.2 Å². The van der Waals surface area contributed by atoms with Crippen LogP contribution in [-0.2, 0) is 0 Å². The maximum atomic E-state index is 11.5. The van der Waals surface area contributed by atoms with Crippen LogP contribution in [0.15, 0.2) is 29.8 Å². The van der Waals surface area contributed by atoms with Crippen LogP contribution >= 0.6 is 0 Å². The Labute approximate surface area is 188 Å². The van der Waals surface area contributed by atoms with Crippen LogP contribution in [0.5, 0.6) is 0 Å². The SMILES string of the molecule is CN(C)c1ccc(/C=C2\C[C@H]3[C@@H]4CC[C@H]5C[C@H](O)CC[C@]5(C)[C@H]4CC[C@]3(C)[C@H]2O)cc1. The number of rotatable bonds is 2. The molecule has 0 unspecified atom stereocenters. The molecular weight excluding hydrogens is 382 g/mol. The van der Waals surface area contributed by atoms with Crippen LogP contribution in [0.25, 0.3) is 6.08 Å². The third-order valence-electron chi connectivity index (χ3n) is 10.3. The fourth-order valence-corrected chi connectivity index (χ4v) is 8.32. The van der Waals surface area contributed by atoms with Crippen LogP contribution in [0, 0.1) is 34.5 Å². The van der Waals surface area contributed by atoms with E-state index in [9.17, 15) is 10.2 Å². The van der Waals surface area contributed by atoms with Gasteiger partial charge >= 0.3 is 0 Å². The zero-order valence-corrected chi connectivity index (χ0v) is 19.8. The summed E-state index contributed by atoms with van der Waals surface area (Å²) in [5, 5.41) is 21.7. The Bertz CT molecular complexity index is 845. The first kappa shape index (κ1) is 21.5. The second-order valence-electron chi connectivity index (χ2n) is 11.9. The van der Waals surface area contributed by atoms with E-state index in [-0.39, 0.29) is 17.6 Å². The summed E-state index contributed by atoms with van der Waals surface area (Å²) >= 11 is 0. The van der Waals surface area contributed by atoms with Crippen molar-refractivity contribution in [1.29, 1.82) is 0 Å². The van der Waals surface area contributed by atoms with Gasteiger partial charge in [0.25, 0.3) is 0 Å². The molecule has 4 fully saturated rings. The highest BCUT2D eigenvalue weighted by atomic mass is 16.3. The molecule has 0 heterocycles. The van der Waals surface area contributed by atoms with Crippen LogP contribution in [0.2, 0.25) is 0 Å². The summed E-state index contributed by atoms with van der Waals surface area (Å²) in [5.41, 5.74) is 4.07. The second-order valence-corrected chi connectivity index (χ2v) is 11.9. The predicted octanol–water partition coefficient (Wildman–Crippen LogP) is 5.51. The lowest BCUT2D eigenvalue weighted by Gasteiger charge is -2.60. The molecule has 3 nitrogen and oxygen atoms in total. The number of aliphatic hydroxyl groups excluding tert-OH is 2. The molecule has 170 valence electrons. The van der Waals surface area contributed by atoms with Gasteiger partial charge in [0.15, 0.2) is 0 Å². The lowest BCUT2D eigenvalue weighted by molar-refractivity contribution is -0.133. The zero-order valence-electron chi connectivity index (χ0n) is 19.8. The van der Waals surface area contributed by atoms with Crippen molar-refractivity contribution in [3.05, 3.63) is 35.4 Å². The van der Waals surface area contributed by atoms with E-state index in [0.717, 1.165) is 37.5 Å². The smallest absolute Gasteiger partial charge is 0.0809 e. The van der Waals surface area contributed by atoms with Crippen LogP contribution in [0.3, 0.4) is 0 Å². The molecule has 5 rings (SSSR count). The normalized spacial score (nSPS) is 45.7. The minimum atomic E-state index is -0.314. The van der Waals surface area contributed by atoms with Crippen molar-refractivity contribution in [2.45, 2.75) is 77.4 Å². The van der Waals surface area contributed by atoms with E-state index in [2.05, 4.69) is 63.2 Å². The van der Waals surface area contributed by atoms with E-state index >= 15 is 0 Å². The lowest BCUT2D eigenvalue weighted by atomic mass is 9.45. The number of hydrogen-bond donors (Lipinski definition) is 2. The van der Waals surface area contributed by atoms with E-state index in [1.807, 2.05) is 0 Å². The molecule has 4 aliphatic carbocycles. The Kier molecular flexibility index (Phi) is 5.29. The molecule has 8 atom stereocenters. The van der Waals surface area contributed by atoms with E-state index < -0.39 is 0 Å². The fourth-order valence-electron chi connectivity index (χ4n) is 8.32. The first-order chi connectivity index (χ1) is 14.7. The highest BCUT2D eigenvalue weighted by Gasteiger charge is 2.61. The Hall–Kier alpha value is -1.32. The summed E-state index contributed by atoms with van der Waals surface area (Å²) in [5.74, 6) is 2.78. The van der Waals surface area contributed by atoms with Gasteiger partial charge in [-0.15, -0.1) is 0 Å². The maximum Gasteiger partial charge on any atom is 0.0809 e. The molecule has 1 aromatic carbocycles. The third kappa shape index (κ3) is 3.38.